The van der Waals surface area contributed by atoms with Crippen molar-refractivity contribution in [2.75, 3.05) is 17.7 Å². The Bertz CT molecular complexity index is 1310. The zero-order chi connectivity index (χ0) is 25.7. The number of nitrogens with two attached hydrogens (primary N) is 2. The van der Waals surface area contributed by atoms with E-state index in [-0.39, 0.29) is 58.9 Å². The van der Waals surface area contributed by atoms with Crippen LogP contribution in [-0.4, -0.2) is 35.2 Å². The number of nitrogen functional groups attached to an aromatic ring is 2. The van der Waals surface area contributed by atoms with Crippen LogP contribution in [0.4, 0.5) is 11.4 Å². The van der Waals surface area contributed by atoms with E-state index in [9.17, 15) is 14.4 Å². The van der Waals surface area contributed by atoms with Gasteiger partial charge in [-0.15, -0.1) is 24.8 Å². The lowest BCUT2D eigenvalue weighted by atomic mass is 9.97. The Morgan fingerprint density at radius 3 is 2.16 bits per heavy atom. The lowest BCUT2D eigenvalue weighted by molar-refractivity contribution is -0.139. The number of ketones is 1. The number of carbonyl (C=O) groups excluding carboxylic acids is 2. The van der Waals surface area contributed by atoms with Gasteiger partial charge in [-0.3, -0.25) is 15.0 Å². The summed E-state index contributed by atoms with van der Waals surface area (Å²) >= 11 is 0. The maximum atomic E-state index is 13.6. The van der Waals surface area contributed by atoms with E-state index in [1.807, 2.05) is 26.0 Å². The highest BCUT2D eigenvalue weighted by molar-refractivity contribution is 6.19. The number of anilines is 2. The van der Waals surface area contributed by atoms with Crippen LogP contribution in [0.3, 0.4) is 0 Å². The maximum absolute atomic E-state index is 13.6. The Balaban J connectivity index is 0.00000342. The average Bonchev–Trinajstić information content (AvgIpc) is 2.83. The first-order valence-corrected chi connectivity index (χ1v) is 10.8. The molecule has 0 saturated carbocycles. The number of hydrogen-bond acceptors (Lipinski definition) is 6. The van der Waals surface area contributed by atoms with Crippen LogP contribution in [0, 0.1) is 5.41 Å². The van der Waals surface area contributed by atoms with E-state index < -0.39 is 24.3 Å². The standard InChI is InChI=1S/C26H26N4O5.2ClH/c1-14(2)15-6-8-16(9-7-15)26(34)30-23-19(27)10-11-20(35-13-21(31)32)22(23)24(33)17-4-3-5-18(12-17)25(28)29;;/h3-12,14H,13,27H2,1-2H3,(H3,28,29)(H,30,34)(H,31,32);2*1H. The third-order valence-corrected chi connectivity index (χ3v) is 5.29. The van der Waals surface area contributed by atoms with E-state index in [0.717, 1.165) is 5.56 Å². The number of carboxylic acids is 1. The van der Waals surface area contributed by atoms with Crippen molar-refractivity contribution in [1.29, 1.82) is 5.41 Å². The SMILES string of the molecule is CC(C)c1ccc(C(=O)Nc2c(N)ccc(OCC(=O)O)c2C(=O)c2cccc(C(=N)N)c2)cc1.Cl.Cl. The first-order chi connectivity index (χ1) is 16.6. The van der Waals surface area contributed by atoms with Crippen molar-refractivity contribution < 1.29 is 24.2 Å². The summed E-state index contributed by atoms with van der Waals surface area (Å²) in [5, 5.41) is 19.4. The molecule has 3 rings (SSSR count). The number of aliphatic carboxylic acids is 1. The van der Waals surface area contributed by atoms with Crippen LogP contribution in [0.1, 0.15) is 57.2 Å². The molecule has 0 aliphatic carbocycles. The minimum Gasteiger partial charge on any atom is -0.481 e. The number of ether oxygens (including phenoxy) is 1. The number of rotatable bonds is 9. The maximum Gasteiger partial charge on any atom is 0.341 e. The summed E-state index contributed by atoms with van der Waals surface area (Å²) < 4.78 is 5.35. The summed E-state index contributed by atoms with van der Waals surface area (Å²) in [5.41, 5.74) is 13.5. The summed E-state index contributed by atoms with van der Waals surface area (Å²) in [6, 6.07) is 15.9. The van der Waals surface area contributed by atoms with Crippen molar-refractivity contribution in [1.82, 2.24) is 0 Å². The largest absolute Gasteiger partial charge is 0.481 e. The predicted molar refractivity (Wildman–Crippen MR) is 148 cm³/mol. The number of carbonyl (C=O) groups is 3. The molecule has 196 valence electrons. The Morgan fingerprint density at radius 1 is 0.973 bits per heavy atom. The molecule has 1 amide bonds. The van der Waals surface area contributed by atoms with Gasteiger partial charge in [-0.1, -0.05) is 44.2 Å². The highest BCUT2D eigenvalue weighted by Gasteiger charge is 2.24. The molecule has 9 nitrogen and oxygen atoms in total. The lowest BCUT2D eigenvalue weighted by Gasteiger charge is -2.17. The van der Waals surface area contributed by atoms with E-state index in [4.69, 9.17) is 26.7 Å². The van der Waals surface area contributed by atoms with Crippen molar-refractivity contribution in [3.63, 3.8) is 0 Å². The molecule has 37 heavy (non-hydrogen) atoms. The zero-order valence-electron chi connectivity index (χ0n) is 20.1. The molecule has 0 aromatic heterocycles. The highest BCUT2D eigenvalue weighted by Crippen LogP contribution is 2.35. The van der Waals surface area contributed by atoms with Crippen molar-refractivity contribution >= 4 is 59.7 Å². The molecular formula is C26H28Cl2N4O5. The Kier molecular flexibility index (Phi) is 11.1. The quantitative estimate of drug-likeness (QED) is 0.114. The number of nitrogens with one attached hydrogen (secondary N) is 2. The number of hydrogen-bond donors (Lipinski definition) is 5. The van der Waals surface area contributed by atoms with Gasteiger partial charge in [0.15, 0.2) is 12.4 Å². The monoisotopic (exact) mass is 546 g/mol. The lowest BCUT2D eigenvalue weighted by Crippen LogP contribution is -2.19. The molecule has 7 N–H and O–H groups in total. The molecule has 11 heteroatoms. The van der Waals surface area contributed by atoms with Gasteiger partial charge in [0.25, 0.3) is 5.91 Å². The number of halogens is 2. The van der Waals surface area contributed by atoms with Gasteiger partial charge >= 0.3 is 5.97 Å². The molecule has 0 spiro atoms. The first kappa shape index (κ1) is 31.0. The summed E-state index contributed by atoms with van der Waals surface area (Å²) in [6.45, 7) is 3.37. The molecule has 0 atom stereocenters. The second kappa shape index (κ2) is 13.3. The normalized spacial score (nSPS) is 10.0. The summed E-state index contributed by atoms with van der Waals surface area (Å²) in [7, 11) is 0. The molecule has 3 aromatic carbocycles. The fourth-order valence-corrected chi connectivity index (χ4v) is 3.40. The molecule has 0 radical (unpaired) electrons. The van der Waals surface area contributed by atoms with E-state index in [1.54, 1.807) is 24.3 Å². The molecule has 3 aromatic rings. The van der Waals surface area contributed by atoms with E-state index in [2.05, 4.69) is 5.32 Å². The van der Waals surface area contributed by atoms with E-state index in [1.165, 1.54) is 24.3 Å². The van der Waals surface area contributed by atoms with Gasteiger partial charge in [0.2, 0.25) is 0 Å². The molecular weight excluding hydrogens is 519 g/mol. The fourth-order valence-electron chi connectivity index (χ4n) is 3.40. The summed E-state index contributed by atoms with van der Waals surface area (Å²) in [4.78, 5) is 37.7. The van der Waals surface area contributed by atoms with Crippen LogP contribution in [0.25, 0.3) is 0 Å². The minimum absolute atomic E-state index is 0. The van der Waals surface area contributed by atoms with Crippen LogP contribution in [0.2, 0.25) is 0 Å². The molecule has 0 saturated heterocycles. The van der Waals surface area contributed by atoms with Gasteiger partial charge in [-0.25, -0.2) is 4.79 Å². The number of amides is 1. The topological polar surface area (TPSA) is 169 Å². The molecule has 0 heterocycles. The minimum atomic E-state index is -1.24. The third-order valence-electron chi connectivity index (χ3n) is 5.29. The number of amidine groups is 1. The van der Waals surface area contributed by atoms with E-state index in [0.29, 0.717) is 17.0 Å². The second-order valence-electron chi connectivity index (χ2n) is 8.14. The Hall–Kier alpha value is -4.08. The van der Waals surface area contributed by atoms with Gasteiger partial charge in [0, 0.05) is 16.7 Å². The molecule has 0 unspecified atom stereocenters. The van der Waals surface area contributed by atoms with Crippen LogP contribution in [-0.2, 0) is 4.79 Å². The van der Waals surface area contributed by atoms with Crippen LogP contribution >= 0.6 is 24.8 Å². The van der Waals surface area contributed by atoms with Gasteiger partial charge in [-0.05, 0) is 41.8 Å². The van der Waals surface area contributed by atoms with Crippen LogP contribution < -0.4 is 21.5 Å². The fraction of sp³-hybridized carbons (Fsp3) is 0.154. The van der Waals surface area contributed by atoms with Gasteiger partial charge in [0.05, 0.1) is 16.9 Å². The first-order valence-electron chi connectivity index (χ1n) is 10.8. The summed E-state index contributed by atoms with van der Waals surface area (Å²) in [5.74, 6) is -2.34. The Morgan fingerprint density at radius 2 is 1.59 bits per heavy atom. The van der Waals surface area contributed by atoms with Crippen molar-refractivity contribution in [3.05, 3.63) is 88.5 Å². The predicted octanol–water partition coefficient (Wildman–Crippen LogP) is 4.47. The Labute approximate surface area is 226 Å². The van der Waals surface area contributed by atoms with Gasteiger partial charge < -0.3 is 26.6 Å². The van der Waals surface area contributed by atoms with E-state index >= 15 is 0 Å². The van der Waals surface area contributed by atoms with Gasteiger partial charge in [-0.2, -0.15) is 0 Å². The molecule has 0 aliphatic heterocycles. The molecule has 0 aliphatic rings. The number of carboxylic acid groups (broad SMARTS) is 1. The third kappa shape index (κ3) is 7.45. The van der Waals surface area contributed by atoms with Crippen molar-refractivity contribution in [2.45, 2.75) is 19.8 Å². The second-order valence-corrected chi connectivity index (χ2v) is 8.14. The van der Waals surface area contributed by atoms with Crippen molar-refractivity contribution in [3.8, 4) is 5.75 Å². The van der Waals surface area contributed by atoms with Gasteiger partial charge in [0.1, 0.15) is 11.6 Å². The highest BCUT2D eigenvalue weighted by atomic mass is 35.5. The van der Waals surface area contributed by atoms with Crippen molar-refractivity contribution in [2.24, 2.45) is 5.73 Å². The van der Waals surface area contributed by atoms with Crippen LogP contribution in [0.5, 0.6) is 5.75 Å². The smallest absolute Gasteiger partial charge is 0.341 e. The van der Waals surface area contributed by atoms with Crippen LogP contribution in [0.15, 0.2) is 60.7 Å². The molecule has 0 bridgehead atoms. The zero-order valence-corrected chi connectivity index (χ0v) is 21.7. The average molecular weight is 547 g/mol. The number of benzene rings is 3. The summed E-state index contributed by atoms with van der Waals surface area (Å²) in [6.07, 6.45) is 0. The molecule has 0 fully saturated rings.